The molecule has 0 aromatic carbocycles. The lowest BCUT2D eigenvalue weighted by atomic mass is 10.4. The van der Waals surface area contributed by atoms with Crippen molar-refractivity contribution in [2.75, 3.05) is 5.32 Å². The van der Waals surface area contributed by atoms with E-state index in [4.69, 9.17) is 0 Å². The largest absolute Gasteiger partial charge is 0.325 e. The van der Waals surface area contributed by atoms with E-state index in [1.807, 2.05) is 13.0 Å². The van der Waals surface area contributed by atoms with Crippen molar-refractivity contribution in [1.29, 1.82) is 0 Å². The van der Waals surface area contributed by atoms with Crippen molar-refractivity contribution in [1.82, 2.24) is 14.6 Å². The highest BCUT2D eigenvalue weighted by molar-refractivity contribution is 5.89. The van der Waals surface area contributed by atoms with Gasteiger partial charge >= 0.3 is 0 Å². The van der Waals surface area contributed by atoms with Crippen molar-refractivity contribution >= 4 is 17.1 Å². The van der Waals surface area contributed by atoms with Crippen LogP contribution in [0.3, 0.4) is 0 Å². The lowest BCUT2D eigenvalue weighted by molar-refractivity contribution is -0.114. The monoisotopic (exact) mass is 190 g/mol. The first-order valence-electron chi connectivity index (χ1n) is 4.25. The van der Waals surface area contributed by atoms with Crippen LogP contribution in [-0.2, 0) is 4.79 Å². The van der Waals surface area contributed by atoms with Crippen LogP contribution in [0.15, 0.2) is 18.5 Å². The van der Waals surface area contributed by atoms with E-state index in [0.29, 0.717) is 5.82 Å². The molecule has 72 valence electrons. The van der Waals surface area contributed by atoms with Crippen molar-refractivity contribution in [2.45, 2.75) is 13.8 Å². The van der Waals surface area contributed by atoms with Gasteiger partial charge in [0.05, 0.1) is 23.6 Å². The van der Waals surface area contributed by atoms with Crippen LogP contribution in [-0.4, -0.2) is 20.5 Å². The molecule has 0 atom stereocenters. The number of carbonyl (C=O) groups excluding carboxylic acids is 1. The van der Waals surface area contributed by atoms with Crippen LogP contribution >= 0.6 is 0 Å². The minimum Gasteiger partial charge on any atom is -0.325 e. The van der Waals surface area contributed by atoms with E-state index in [0.717, 1.165) is 11.2 Å². The van der Waals surface area contributed by atoms with E-state index in [9.17, 15) is 4.79 Å². The number of aromatic nitrogens is 3. The highest BCUT2D eigenvalue weighted by atomic mass is 16.1. The van der Waals surface area contributed by atoms with Crippen LogP contribution in [0.25, 0.3) is 5.52 Å². The zero-order chi connectivity index (χ0) is 10.1. The van der Waals surface area contributed by atoms with E-state index in [-0.39, 0.29) is 5.91 Å². The molecule has 2 rings (SSSR count). The minimum atomic E-state index is -0.0920. The average molecular weight is 190 g/mol. The van der Waals surface area contributed by atoms with Gasteiger partial charge in [-0.2, -0.15) is 5.10 Å². The number of fused-ring (bicyclic) bond motifs is 1. The third kappa shape index (κ3) is 1.56. The Morgan fingerprint density at radius 1 is 1.57 bits per heavy atom. The smallest absolute Gasteiger partial charge is 0.221 e. The second-order valence-corrected chi connectivity index (χ2v) is 3.08. The molecule has 0 aliphatic heterocycles. The second-order valence-electron chi connectivity index (χ2n) is 3.08. The Balaban J connectivity index is 2.46. The van der Waals surface area contributed by atoms with Crippen LogP contribution in [0, 0.1) is 6.92 Å². The van der Waals surface area contributed by atoms with E-state index >= 15 is 0 Å². The fourth-order valence-corrected chi connectivity index (χ4v) is 1.26. The van der Waals surface area contributed by atoms with Crippen LogP contribution in [0.5, 0.6) is 0 Å². The molecule has 5 nitrogen and oxygen atoms in total. The third-order valence-corrected chi connectivity index (χ3v) is 1.79. The molecule has 0 saturated carbocycles. The molecule has 0 saturated heterocycles. The molecule has 0 aliphatic rings. The first-order valence-corrected chi connectivity index (χ1v) is 4.25. The Hall–Kier alpha value is -1.91. The molecule has 2 aromatic rings. The van der Waals surface area contributed by atoms with Crippen LogP contribution in [0.2, 0.25) is 0 Å². The summed E-state index contributed by atoms with van der Waals surface area (Å²) in [7, 11) is 0. The summed E-state index contributed by atoms with van der Waals surface area (Å²) in [4.78, 5) is 14.9. The molecule has 2 aromatic heterocycles. The van der Waals surface area contributed by atoms with Gasteiger partial charge in [0.25, 0.3) is 0 Å². The van der Waals surface area contributed by atoms with Gasteiger partial charge in [-0.3, -0.25) is 4.79 Å². The molecular weight excluding hydrogens is 180 g/mol. The Bertz CT molecular complexity index is 489. The molecule has 0 bridgehead atoms. The van der Waals surface area contributed by atoms with Gasteiger partial charge in [-0.25, -0.2) is 9.50 Å². The average Bonchev–Trinajstić information content (AvgIpc) is 2.44. The van der Waals surface area contributed by atoms with Crippen LogP contribution in [0.1, 0.15) is 12.7 Å². The van der Waals surface area contributed by atoms with Crippen LogP contribution < -0.4 is 5.32 Å². The summed E-state index contributed by atoms with van der Waals surface area (Å²) in [6.07, 6.45) is 3.47. The van der Waals surface area contributed by atoms with Gasteiger partial charge < -0.3 is 5.32 Å². The molecular formula is C9H10N4O. The maximum Gasteiger partial charge on any atom is 0.221 e. The lowest BCUT2D eigenvalue weighted by Gasteiger charge is -1.93. The molecule has 0 radical (unpaired) electrons. The maximum atomic E-state index is 10.8. The summed E-state index contributed by atoms with van der Waals surface area (Å²) in [5.41, 5.74) is 1.59. The Morgan fingerprint density at radius 3 is 3.07 bits per heavy atom. The first-order chi connectivity index (χ1) is 6.65. The second kappa shape index (κ2) is 3.10. The van der Waals surface area contributed by atoms with Gasteiger partial charge in [0.2, 0.25) is 5.91 Å². The highest BCUT2D eigenvalue weighted by Gasteiger charge is 2.01. The fraction of sp³-hybridized carbons (Fsp3) is 0.222. The highest BCUT2D eigenvalue weighted by Crippen LogP contribution is 2.12. The number of aryl methyl sites for hydroxylation is 1. The number of nitrogens with zero attached hydrogens (tertiary/aromatic N) is 3. The number of carbonyl (C=O) groups is 1. The summed E-state index contributed by atoms with van der Waals surface area (Å²) in [5.74, 6) is 0.605. The van der Waals surface area contributed by atoms with Crippen molar-refractivity contribution in [3.63, 3.8) is 0 Å². The zero-order valence-electron chi connectivity index (χ0n) is 7.98. The van der Waals surface area contributed by atoms with E-state index < -0.39 is 0 Å². The lowest BCUT2D eigenvalue weighted by Crippen LogP contribution is -2.04. The molecule has 5 heteroatoms. The predicted molar refractivity (Wildman–Crippen MR) is 52.0 cm³/mol. The fourth-order valence-electron chi connectivity index (χ4n) is 1.26. The molecule has 0 spiro atoms. The predicted octanol–water partition coefficient (Wildman–Crippen LogP) is 0.996. The minimum absolute atomic E-state index is 0.0920. The van der Waals surface area contributed by atoms with E-state index in [2.05, 4.69) is 15.4 Å². The molecule has 1 amide bonds. The van der Waals surface area contributed by atoms with Gasteiger partial charge in [0, 0.05) is 6.92 Å². The number of hydrogen-bond donors (Lipinski definition) is 1. The van der Waals surface area contributed by atoms with Gasteiger partial charge in [-0.05, 0) is 13.0 Å². The Labute approximate surface area is 80.8 Å². The van der Waals surface area contributed by atoms with Gasteiger partial charge in [-0.15, -0.1) is 0 Å². The number of anilines is 1. The Kier molecular flexibility index (Phi) is 1.92. The van der Waals surface area contributed by atoms with Crippen molar-refractivity contribution < 1.29 is 4.79 Å². The standard InChI is InChI=1S/C9H10N4O/c1-6-10-4-9-3-8(11-7(2)14)5-13(9)12-6/h3-5H,1-2H3,(H,11,14). The van der Waals surface area contributed by atoms with Crippen molar-refractivity contribution in [3.8, 4) is 0 Å². The van der Waals surface area contributed by atoms with Gasteiger partial charge in [-0.1, -0.05) is 0 Å². The molecule has 1 N–H and O–H groups in total. The molecule has 0 aliphatic carbocycles. The van der Waals surface area contributed by atoms with Crippen LogP contribution in [0.4, 0.5) is 5.69 Å². The van der Waals surface area contributed by atoms with Crippen molar-refractivity contribution in [2.24, 2.45) is 0 Å². The molecule has 2 heterocycles. The van der Waals surface area contributed by atoms with E-state index in [1.54, 1.807) is 16.9 Å². The number of rotatable bonds is 1. The summed E-state index contributed by atoms with van der Waals surface area (Å²) in [6, 6.07) is 1.82. The zero-order valence-corrected chi connectivity index (χ0v) is 7.98. The molecule has 14 heavy (non-hydrogen) atoms. The third-order valence-electron chi connectivity index (χ3n) is 1.79. The molecule has 0 unspecified atom stereocenters. The first kappa shape index (κ1) is 8.68. The van der Waals surface area contributed by atoms with Gasteiger partial charge in [0.15, 0.2) is 0 Å². The SMILES string of the molecule is CC(=O)Nc1cc2cnc(C)nn2c1. The molecule has 0 fully saturated rings. The number of nitrogens with one attached hydrogen (secondary N) is 1. The quantitative estimate of drug-likeness (QED) is 0.729. The summed E-state index contributed by atoms with van der Waals surface area (Å²) in [6.45, 7) is 3.29. The Morgan fingerprint density at radius 2 is 2.36 bits per heavy atom. The van der Waals surface area contributed by atoms with Crippen molar-refractivity contribution in [3.05, 3.63) is 24.3 Å². The number of hydrogen-bond acceptors (Lipinski definition) is 3. The summed E-state index contributed by atoms with van der Waals surface area (Å²) >= 11 is 0. The summed E-state index contributed by atoms with van der Waals surface area (Å²) < 4.78 is 1.69. The van der Waals surface area contributed by atoms with E-state index in [1.165, 1.54) is 6.92 Å². The normalized spacial score (nSPS) is 10.4. The topological polar surface area (TPSA) is 59.3 Å². The maximum absolute atomic E-state index is 10.8. The van der Waals surface area contributed by atoms with Gasteiger partial charge in [0.1, 0.15) is 5.82 Å². The number of amides is 1. The summed E-state index contributed by atoms with van der Waals surface area (Å²) in [5, 5.41) is 6.84.